The molecule has 29 heavy (non-hydrogen) atoms. The predicted octanol–water partition coefficient (Wildman–Crippen LogP) is 3.47. The quantitative estimate of drug-likeness (QED) is 0.699. The Bertz CT molecular complexity index is 925. The molecule has 2 amide bonds. The van der Waals surface area contributed by atoms with Gasteiger partial charge in [0.2, 0.25) is 11.8 Å². The maximum absolute atomic E-state index is 12.6. The molecule has 0 heterocycles. The molecule has 0 aliphatic heterocycles. The van der Waals surface area contributed by atoms with Crippen LogP contribution in [0.3, 0.4) is 0 Å². The van der Waals surface area contributed by atoms with Crippen molar-refractivity contribution < 1.29 is 23.9 Å². The lowest BCUT2D eigenvalue weighted by Crippen LogP contribution is -2.21. The summed E-state index contributed by atoms with van der Waals surface area (Å²) in [5.74, 6) is -1.16. The van der Waals surface area contributed by atoms with Crippen molar-refractivity contribution in [2.24, 2.45) is 11.8 Å². The third-order valence-corrected chi connectivity index (χ3v) is 4.52. The van der Waals surface area contributed by atoms with E-state index in [-0.39, 0.29) is 17.9 Å². The third-order valence-electron chi connectivity index (χ3n) is 4.52. The second kappa shape index (κ2) is 8.77. The van der Waals surface area contributed by atoms with Gasteiger partial charge in [0, 0.05) is 5.69 Å². The lowest BCUT2D eigenvalue weighted by atomic mass is 10.2. The minimum Gasteiger partial charge on any atom is -0.489 e. The number of para-hydroxylation sites is 2. The Hall–Kier alpha value is -3.35. The second-order valence-electron chi connectivity index (χ2n) is 7.16. The molecule has 0 radical (unpaired) electrons. The molecule has 2 aromatic rings. The highest BCUT2D eigenvalue weighted by molar-refractivity contribution is 6.04. The van der Waals surface area contributed by atoms with Crippen molar-refractivity contribution in [3.8, 4) is 5.75 Å². The van der Waals surface area contributed by atoms with Gasteiger partial charge in [-0.15, -0.1) is 0 Å². The first-order valence-corrected chi connectivity index (χ1v) is 9.45. The highest BCUT2D eigenvalue weighted by Crippen LogP contribution is 2.41. The van der Waals surface area contributed by atoms with E-state index in [1.54, 1.807) is 36.4 Å². The molecular formula is C22H24N2O5. The van der Waals surface area contributed by atoms with Gasteiger partial charge in [-0.3, -0.25) is 9.59 Å². The fourth-order valence-electron chi connectivity index (χ4n) is 3.00. The summed E-state index contributed by atoms with van der Waals surface area (Å²) in [5, 5.41) is 5.61. The van der Waals surface area contributed by atoms with Crippen LogP contribution in [0.4, 0.5) is 11.4 Å². The molecule has 1 aliphatic rings. The monoisotopic (exact) mass is 396 g/mol. The minimum atomic E-state index is -0.480. The van der Waals surface area contributed by atoms with Crippen LogP contribution < -0.4 is 15.4 Å². The average Bonchev–Trinajstić information content (AvgIpc) is 3.50. The van der Waals surface area contributed by atoms with E-state index in [1.807, 2.05) is 26.0 Å². The highest BCUT2D eigenvalue weighted by Gasteiger charge is 2.48. The number of esters is 1. The molecule has 1 saturated carbocycles. The molecule has 1 fully saturated rings. The van der Waals surface area contributed by atoms with Crippen LogP contribution in [-0.4, -0.2) is 31.0 Å². The normalized spacial score (nSPS) is 17.4. The van der Waals surface area contributed by atoms with Gasteiger partial charge in [-0.25, -0.2) is 4.79 Å². The largest absolute Gasteiger partial charge is 0.489 e. The van der Waals surface area contributed by atoms with Crippen LogP contribution in [0.2, 0.25) is 0 Å². The predicted molar refractivity (Wildman–Crippen MR) is 109 cm³/mol. The van der Waals surface area contributed by atoms with Crippen molar-refractivity contribution in [2.75, 3.05) is 17.7 Å². The summed E-state index contributed by atoms with van der Waals surface area (Å²) < 4.78 is 10.4. The van der Waals surface area contributed by atoms with Crippen LogP contribution in [0, 0.1) is 11.8 Å². The maximum atomic E-state index is 12.6. The summed E-state index contributed by atoms with van der Waals surface area (Å²) >= 11 is 0. The van der Waals surface area contributed by atoms with Crippen LogP contribution in [0.15, 0.2) is 48.5 Å². The van der Waals surface area contributed by atoms with Gasteiger partial charge in [0.15, 0.2) is 0 Å². The molecule has 0 bridgehead atoms. The van der Waals surface area contributed by atoms with Crippen molar-refractivity contribution in [1.29, 1.82) is 0 Å². The van der Waals surface area contributed by atoms with Gasteiger partial charge in [-0.1, -0.05) is 18.2 Å². The minimum absolute atomic E-state index is 0.0201. The Balaban J connectivity index is 1.59. The fourth-order valence-corrected chi connectivity index (χ4v) is 3.00. The molecule has 0 spiro atoms. The number of rotatable bonds is 7. The van der Waals surface area contributed by atoms with E-state index in [2.05, 4.69) is 15.4 Å². The van der Waals surface area contributed by atoms with Gasteiger partial charge in [0.25, 0.3) is 0 Å². The molecule has 2 aromatic carbocycles. The van der Waals surface area contributed by atoms with Crippen molar-refractivity contribution in [3.05, 3.63) is 54.1 Å². The van der Waals surface area contributed by atoms with Crippen LogP contribution in [0.25, 0.3) is 0 Å². The summed E-state index contributed by atoms with van der Waals surface area (Å²) in [4.78, 5) is 36.6. The number of amides is 2. The molecular weight excluding hydrogens is 372 g/mol. The van der Waals surface area contributed by atoms with E-state index in [4.69, 9.17) is 4.74 Å². The molecule has 7 heteroatoms. The number of carbonyl (C=O) groups excluding carboxylic acids is 3. The van der Waals surface area contributed by atoms with E-state index in [9.17, 15) is 14.4 Å². The van der Waals surface area contributed by atoms with Crippen LogP contribution >= 0.6 is 0 Å². The fraction of sp³-hybridized carbons (Fsp3) is 0.318. The summed E-state index contributed by atoms with van der Waals surface area (Å²) in [5.41, 5.74) is 1.42. The molecule has 3 rings (SSSR count). The van der Waals surface area contributed by atoms with Gasteiger partial charge in [0.1, 0.15) is 5.75 Å². The van der Waals surface area contributed by atoms with Crippen LogP contribution in [-0.2, 0) is 14.3 Å². The number of methoxy groups -OCH3 is 1. The zero-order chi connectivity index (χ0) is 21.0. The number of carbonyl (C=O) groups is 3. The van der Waals surface area contributed by atoms with Gasteiger partial charge in [0.05, 0.1) is 36.3 Å². The lowest BCUT2D eigenvalue weighted by molar-refractivity contribution is -0.122. The molecule has 152 valence electrons. The number of hydrogen-bond donors (Lipinski definition) is 2. The molecule has 2 unspecified atom stereocenters. The second-order valence-corrected chi connectivity index (χ2v) is 7.16. The number of nitrogens with one attached hydrogen (secondary N) is 2. The first-order valence-electron chi connectivity index (χ1n) is 9.45. The topological polar surface area (TPSA) is 93.7 Å². The van der Waals surface area contributed by atoms with Crippen LogP contribution in [0.5, 0.6) is 5.75 Å². The number of hydrogen-bond acceptors (Lipinski definition) is 5. The molecule has 0 saturated heterocycles. The first kappa shape index (κ1) is 20.4. The Morgan fingerprint density at radius 1 is 0.966 bits per heavy atom. The number of benzene rings is 2. The van der Waals surface area contributed by atoms with Gasteiger partial charge in [-0.05, 0) is 50.6 Å². The van der Waals surface area contributed by atoms with Crippen molar-refractivity contribution in [2.45, 2.75) is 26.4 Å². The van der Waals surface area contributed by atoms with Gasteiger partial charge in [-0.2, -0.15) is 0 Å². The van der Waals surface area contributed by atoms with Gasteiger partial charge >= 0.3 is 5.97 Å². The molecule has 0 aromatic heterocycles. The first-order chi connectivity index (χ1) is 13.9. The van der Waals surface area contributed by atoms with E-state index in [0.717, 1.165) is 0 Å². The molecule has 2 atom stereocenters. The van der Waals surface area contributed by atoms with E-state index in [0.29, 0.717) is 29.1 Å². The average molecular weight is 396 g/mol. The van der Waals surface area contributed by atoms with Crippen molar-refractivity contribution in [1.82, 2.24) is 0 Å². The Kier molecular flexibility index (Phi) is 6.16. The van der Waals surface area contributed by atoms with Crippen molar-refractivity contribution >= 4 is 29.2 Å². The zero-order valence-electron chi connectivity index (χ0n) is 16.6. The zero-order valence-corrected chi connectivity index (χ0v) is 16.6. The standard InChI is InChI=1S/C22H24N2O5/c1-13(2)29-19-10-5-4-9-18(19)24-21(26)17-12-16(17)20(25)23-15-8-6-7-14(11-15)22(27)28-3/h4-11,13,16-17H,12H2,1-3H3,(H,23,25)(H,24,26). The molecule has 2 N–H and O–H groups in total. The number of anilines is 2. The third kappa shape index (κ3) is 5.13. The van der Waals surface area contributed by atoms with Crippen LogP contribution in [0.1, 0.15) is 30.6 Å². The molecule has 1 aliphatic carbocycles. The summed E-state index contributed by atoms with van der Waals surface area (Å²) in [6.45, 7) is 3.82. The maximum Gasteiger partial charge on any atom is 0.337 e. The van der Waals surface area contributed by atoms with Crippen molar-refractivity contribution in [3.63, 3.8) is 0 Å². The highest BCUT2D eigenvalue weighted by atomic mass is 16.5. The lowest BCUT2D eigenvalue weighted by Gasteiger charge is -2.14. The summed E-state index contributed by atoms with van der Waals surface area (Å²) in [7, 11) is 1.30. The SMILES string of the molecule is COC(=O)c1cccc(NC(=O)C2CC2C(=O)Nc2ccccc2OC(C)C)c1. The summed E-state index contributed by atoms with van der Waals surface area (Å²) in [6, 6.07) is 13.7. The Morgan fingerprint density at radius 2 is 1.66 bits per heavy atom. The summed E-state index contributed by atoms with van der Waals surface area (Å²) in [6.07, 6.45) is 0.454. The molecule has 7 nitrogen and oxygen atoms in total. The Labute approximate surface area is 169 Å². The smallest absolute Gasteiger partial charge is 0.337 e. The number of ether oxygens (including phenoxy) is 2. The van der Waals surface area contributed by atoms with E-state index in [1.165, 1.54) is 7.11 Å². The van der Waals surface area contributed by atoms with E-state index < -0.39 is 17.8 Å². The Morgan fingerprint density at radius 3 is 2.34 bits per heavy atom. The van der Waals surface area contributed by atoms with E-state index >= 15 is 0 Å². The van der Waals surface area contributed by atoms with Gasteiger partial charge < -0.3 is 20.1 Å².